The maximum absolute atomic E-state index is 10.5. The van der Waals surface area contributed by atoms with Gasteiger partial charge in [-0.1, -0.05) is 13.8 Å². The van der Waals surface area contributed by atoms with Crippen LogP contribution in [-0.2, 0) is 4.79 Å². The number of aliphatic hydroxyl groups excluding tert-OH is 1. The molecule has 0 aromatic rings. The highest BCUT2D eigenvalue weighted by Crippen LogP contribution is 2.09. The number of nitrogens with two attached hydrogens (primary N) is 1. The first-order valence-corrected chi connectivity index (χ1v) is 3.48. The third kappa shape index (κ3) is 3.45. The lowest BCUT2D eigenvalue weighted by Gasteiger charge is -2.10. The van der Waals surface area contributed by atoms with Gasteiger partial charge < -0.3 is 10.8 Å². The van der Waals surface area contributed by atoms with E-state index < -0.39 is 0 Å². The van der Waals surface area contributed by atoms with Crippen LogP contribution in [0.25, 0.3) is 0 Å². The van der Waals surface area contributed by atoms with Gasteiger partial charge in [0.15, 0.2) is 0 Å². The lowest BCUT2D eigenvalue weighted by molar-refractivity contribution is -0.121. The van der Waals surface area contributed by atoms with Crippen molar-refractivity contribution in [3.05, 3.63) is 0 Å². The number of hydrogen-bond acceptors (Lipinski definition) is 2. The quantitative estimate of drug-likeness (QED) is 0.590. The molecule has 0 bridgehead atoms. The minimum absolute atomic E-state index is 0.123. The summed E-state index contributed by atoms with van der Waals surface area (Å²) in [5.41, 5.74) is 5.02. The average molecular weight is 145 g/mol. The molecule has 0 heterocycles. The van der Waals surface area contributed by atoms with Crippen LogP contribution in [0.15, 0.2) is 0 Å². The predicted molar refractivity (Wildman–Crippen MR) is 39.2 cm³/mol. The Morgan fingerprint density at radius 2 is 2.10 bits per heavy atom. The van der Waals surface area contributed by atoms with Crippen LogP contribution in [0.1, 0.15) is 20.3 Å². The van der Waals surface area contributed by atoms with Crippen LogP contribution in [0, 0.1) is 11.8 Å². The molecular weight excluding hydrogens is 130 g/mol. The van der Waals surface area contributed by atoms with Gasteiger partial charge >= 0.3 is 0 Å². The summed E-state index contributed by atoms with van der Waals surface area (Å²) in [4.78, 5) is 10.5. The van der Waals surface area contributed by atoms with Gasteiger partial charge in [-0.15, -0.1) is 0 Å². The molecule has 0 aliphatic heterocycles. The first-order chi connectivity index (χ1) is 4.57. The Labute approximate surface area is 61.2 Å². The zero-order chi connectivity index (χ0) is 8.15. The van der Waals surface area contributed by atoms with E-state index in [2.05, 4.69) is 0 Å². The topological polar surface area (TPSA) is 63.3 Å². The highest BCUT2D eigenvalue weighted by molar-refractivity contribution is 5.76. The number of aliphatic hydroxyl groups is 1. The lowest BCUT2D eigenvalue weighted by atomic mass is 9.98. The molecule has 0 aliphatic rings. The van der Waals surface area contributed by atoms with Crippen LogP contribution < -0.4 is 5.73 Å². The summed E-state index contributed by atoms with van der Waals surface area (Å²) >= 11 is 0. The van der Waals surface area contributed by atoms with Crippen molar-refractivity contribution in [3.63, 3.8) is 0 Å². The number of amides is 1. The normalized spacial score (nSPS) is 16.3. The van der Waals surface area contributed by atoms with Crippen molar-refractivity contribution in [2.24, 2.45) is 17.6 Å². The Hall–Kier alpha value is -0.570. The van der Waals surface area contributed by atoms with Gasteiger partial charge in [-0.05, 0) is 12.3 Å². The van der Waals surface area contributed by atoms with Gasteiger partial charge in [-0.3, -0.25) is 4.79 Å². The van der Waals surface area contributed by atoms with Gasteiger partial charge in [0.05, 0.1) is 0 Å². The summed E-state index contributed by atoms with van der Waals surface area (Å²) in [6.07, 6.45) is 0.672. The molecule has 2 unspecified atom stereocenters. The molecule has 10 heavy (non-hydrogen) atoms. The van der Waals surface area contributed by atoms with Crippen molar-refractivity contribution in [2.75, 3.05) is 6.61 Å². The zero-order valence-electron chi connectivity index (χ0n) is 6.50. The van der Waals surface area contributed by atoms with Gasteiger partial charge in [0.2, 0.25) is 5.91 Å². The maximum atomic E-state index is 10.5. The third-order valence-electron chi connectivity index (χ3n) is 1.55. The summed E-state index contributed by atoms with van der Waals surface area (Å²) in [7, 11) is 0. The van der Waals surface area contributed by atoms with E-state index in [9.17, 15) is 4.79 Å². The summed E-state index contributed by atoms with van der Waals surface area (Å²) in [6.45, 7) is 3.78. The van der Waals surface area contributed by atoms with E-state index in [4.69, 9.17) is 10.8 Å². The van der Waals surface area contributed by atoms with Crippen LogP contribution in [0.5, 0.6) is 0 Å². The van der Waals surface area contributed by atoms with Gasteiger partial charge in [0, 0.05) is 12.5 Å². The molecule has 3 heteroatoms. The average Bonchev–Trinajstić information content (AvgIpc) is 1.87. The van der Waals surface area contributed by atoms with E-state index in [1.807, 2.05) is 6.92 Å². The fraction of sp³-hybridized carbons (Fsp3) is 0.857. The van der Waals surface area contributed by atoms with Crippen molar-refractivity contribution in [3.8, 4) is 0 Å². The number of carbonyl (C=O) groups is 1. The highest BCUT2D eigenvalue weighted by Gasteiger charge is 2.11. The van der Waals surface area contributed by atoms with Crippen LogP contribution in [-0.4, -0.2) is 17.6 Å². The van der Waals surface area contributed by atoms with Gasteiger partial charge in [-0.2, -0.15) is 0 Å². The predicted octanol–water partition coefficient (Wildman–Crippen LogP) is 0.126. The number of hydrogen-bond donors (Lipinski definition) is 2. The molecule has 0 saturated carbocycles. The number of rotatable bonds is 4. The van der Waals surface area contributed by atoms with Crippen molar-refractivity contribution in [2.45, 2.75) is 20.3 Å². The minimum atomic E-state index is -0.291. The first-order valence-electron chi connectivity index (χ1n) is 3.48. The standard InChI is InChI=1S/C7H15NO2/c1-5(4-9)3-6(2)7(8)10/h5-6,9H,3-4H2,1-2H3,(H2,8,10). The molecule has 3 N–H and O–H groups in total. The van der Waals surface area contributed by atoms with Crippen LogP contribution in [0.2, 0.25) is 0 Å². The largest absolute Gasteiger partial charge is 0.396 e. The maximum Gasteiger partial charge on any atom is 0.220 e. The molecule has 1 amide bonds. The Morgan fingerprint density at radius 1 is 1.60 bits per heavy atom. The molecular formula is C7H15NO2. The Kier molecular flexibility index (Phi) is 4.03. The SMILES string of the molecule is CC(CO)CC(C)C(N)=O. The summed E-state index contributed by atoms with van der Waals surface area (Å²) in [5, 5.41) is 8.61. The molecule has 2 atom stereocenters. The minimum Gasteiger partial charge on any atom is -0.396 e. The summed E-state index contributed by atoms with van der Waals surface area (Å²) in [5.74, 6) is -0.245. The Bertz CT molecular complexity index is 114. The van der Waals surface area contributed by atoms with E-state index in [0.717, 1.165) is 0 Å². The van der Waals surface area contributed by atoms with E-state index in [1.54, 1.807) is 6.92 Å². The summed E-state index contributed by atoms with van der Waals surface area (Å²) < 4.78 is 0. The van der Waals surface area contributed by atoms with Crippen LogP contribution in [0.4, 0.5) is 0 Å². The Morgan fingerprint density at radius 3 is 2.40 bits per heavy atom. The molecule has 0 radical (unpaired) electrons. The third-order valence-corrected chi connectivity index (χ3v) is 1.55. The van der Waals surface area contributed by atoms with Crippen molar-refractivity contribution >= 4 is 5.91 Å². The second kappa shape index (κ2) is 4.28. The molecule has 0 aliphatic carbocycles. The smallest absolute Gasteiger partial charge is 0.220 e. The molecule has 0 rings (SSSR count). The van der Waals surface area contributed by atoms with Crippen molar-refractivity contribution < 1.29 is 9.90 Å². The van der Waals surface area contributed by atoms with Gasteiger partial charge in [-0.25, -0.2) is 0 Å². The fourth-order valence-corrected chi connectivity index (χ4v) is 0.794. The van der Waals surface area contributed by atoms with Gasteiger partial charge in [0.25, 0.3) is 0 Å². The molecule has 0 saturated heterocycles. The van der Waals surface area contributed by atoms with Crippen molar-refractivity contribution in [1.29, 1.82) is 0 Å². The zero-order valence-corrected chi connectivity index (χ0v) is 6.50. The monoisotopic (exact) mass is 145 g/mol. The fourth-order valence-electron chi connectivity index (χ4n) is 0.794. The molecule has 3 nitrogen and oxygen atoms in total. The molecule has 0 aromatic heterocycles. The number of primary amides is 1. The number of carbonyl (C=O) groups excluding carboxylic acids is 1. The van der Waals surface area contributed by atoms with Crippen LogP contribution >= 0.6 is 0 Å². The van der Waals surface area contributed by atoms with Crippen molar-refractivity contribution in [1.82, 2.24) is 0 Å². The van der Waals surface area contributed by atoms with E-state index in [-0.39, 0.29) is 24.3 Å². The molecule has 60 valence electrons. The van der Waals surface area contributed by atoms with Gasteiger partial charge in [0.1, 0.15) is 0 Å². The second-order valence-corrected chi connectivity index (χ2v) is 2.83. The highest BCUT2D eigenvalue weighted by atomic mass is 16.3. The summed E-state index contributed by atoms with van der Waals surface area (Å²) in [6, 6.07) is 0. The van der Waals surface area contributed by atoms with E-state index in [1.165, 1.54) is 0 Å². The van der Waals surface area contributed by atoms with E-state index in [0.29, 0.717) is 6.42 Å². The molecule has 0 aromatic carbocycles. The first kappa shape index (κ1) is 9.43. The molecule has 0 spiro atoms. The molecule has 0 fully saturated rings. The van der Waals surface area contributed by atoms with Crippen LogP contribution in [0.3, 0.4) is 0 Å². The van der Waals surface area contributed by atoms with E-state index >= 15 is 0 Å². The second-order valence-electron chi connectivity index (χ2n) is 2.83. The lowest BCUT2D eigenvalue weighted by Crippen LogP contribution is -2.23. The Balaban J connectivity index is 3.56.